The van der Waals surface area contributed by atoms with Crippen molar-refractivity contribution in [3.8, 4) is 18.1 Å². The number of urea groups is 1. The number of piperazine rings is 1. The van der Waals surface area contributed by atoms with E-state index in [0.717, 1.165) is 33.2 Å². The Morgan fingerprint density at radius 2 is 1.64 bits per heavy atom. The van der Waals surface area contributed by atoms with E-state index in [-0.39, 0.29) is 42.7 Å². The summed E-state index contributed by atoms with van der Waals surface area (Å²) in [5.74, 6) is 2.36. The molecule has 12 nitrogen and oxygen atoms in total. The van der Waals surface area contributed by atoms with Gasteiger partial charge in [0.2, 0.25) is 5.91 Å². The number of hydrazine groups is 1. The fraction of sp³-hybridized carbons (Fsp3) is 0.268. The van der Waals surface area contributed by atoms with Gasteiger partial charge >= 0.3 is 6.03 Å². The molecule has 0 spiro atoms. The van der Waals surface area contributed by atoms with Crippen LogP contribution in [0.4, 0.5) is 4.79 Å². The van der Waals surface area contributed by atoms with Gasteiger partial charge in [0.05, 0.1) is 37.4 Å². The zero-order valence-corrected chi connectivity index (χ0v) is 29.6. The normalized spacial score (nSPS) is 17.7. The van der Waals surface area contributed by atoms with Crippen LogP contribution < -0.4 is 10.6 Å². The van der Waals surface area contributed by atoms with Crippen LogP contribution in [0.3, 0.4) is 0 Å². The van der Waals surface area contributed by atoms with Gasteiger partial charge in [-0.3, -0.25) is 19.2 Å². The molecule has 53 heavy (non-hydrogen) atoms. The van der Waals surface area contributed by atoms with Crippen molar-refractivity contribution in [2.24, 2.45) is 0 Å². The highest BCUT2D eigenvalue weighted by Crippen LogP contribution is 2.30. The minimum absolute atomic E-state index is 0.0373. The molecule has 4 amide bonds. The van der Waals surface area contributed by atoms with E-state index in [1.807, 2.05) is 88.6 Å². The molecule has 0 bridgehead atoms. The van der Waals surface area contributed by atoms with Crippen molar-refractivity contribution in [2.45, 2.75) is 38.3 Å². The predicted molar refractivity (Wildman–Crippen MR) is 201 cm³/mol. The standard InChI is InChI=1S/C41H42N8O4/c1-3-20-42-40(52)35-14-8-7-12-32(35)25-47-37-15-9-13-31(36(37)23-44-47)24-46-26-33(21-29-16-18-34(50)19-17-29)48-38(27-46)49(45(2)28-39(48)51)41(53)43-22-30-10-5-4-6-11-30/h1,4-19,23,33,38,50H,20-22,24-28H2,2H3,(H,42,52)(H,43,53)/t33-,38-/m0/s1. The molecule has 0 aliphatic carbocycles. The third-order valence-electron chi connectivity index (χ3n) is 9.91. The lowest BCUT2D eigenvalue weighted by atomic mass is 9.99. The quantitative estimate of drug-likeness (QED) is 0.188. The molecule has 12 heteroatoms. The zero-order valence-electron chi connectivity index (χ0n) is 29.6. The highest BCUT2D eigenvalue weighted by atomic mass is 16.3. The van der Waals surface area contributed by atoms with E-state index in [2.05, 4.69) is 27.5 Å². The number of carbonyl (C=O) groups is 3. The molecular weight excluding hydrogens is 669 g/mol. The minimum atomic E-state index is -0.549. The van der Waals surface area contributed by atoms with Gasteiger partial charge in [0.15, 0.2) is 0 Å². The zero-order chi connectivity index (χ0) is 36.9. The van der Waals surface area contributed by atoms with Crippen LogP contribution in [0.2, 0.25) is 0 Å². The number of aromatic nitrogens is 2. The summed E-state index contributed by atoms with van der Waals surface area (Å²) in [5.41, 5.74) is 5.31. The van der Waals surface area contributed by atoms with Crippen LogP contribution in [0.15, 0.2) is 103 Å². The van der Waals surface area contributed by atoms with Crippen LogP contribution in [-0.4, -0.2) is 98.0 Å². The largest absolute Gasteiger partial charge is 0.508 e. The molecule has 2 aliphatic heterocycles. The number of rotatable bonds is 10. The lowest BCUT2D eigenvalue weighted by Gasteiger charge is -2.55. The number of likely N-dealkylation sites (N-methyl/N-ethyl adjacent to an activating group) is 1. The van der Waals surface area contributed by atoms with E-state index in [4.69, 9.17) is 11.5 Å². The molecule has 5 aromatic rings. The number of carbonyl (C=O) groups excluding carboxylic acids is 3. The summed E-state index contributed by atoms with van der Waals surface area (Å²) >= 11 is 0. The molecule has 3 heterocycles. The Hall–Kier alpha value is -6.16. The van der Waals surface area contributed by atoms with Gasteiger partial charge in [-0.15, -0.1) is 6.42 Å². The highest BCUT2D eigenvalue weighted by molar-refractivity contribution is 5.96. The number of amides is 4. The molecule has 0 saturated carbocycles. The van der Waals surface area contributed by atoms with Crippen molar-refractivity contribution in [1.29, 1.82) is 0 Å². The van der Waals surface area contributed by atoms with Crippen molar-refractivity contribution in [1.82, 2.24) is 40.2 Å². The van der Waals surface area contributed by atoms with Crippen LogP contribution >= 0.6 is 0 Å². The van der Waals surface area contributed by atoms with E-state index in [9.17, 15) is 19.5 Å². The van der Waals surface area contributed by atoms with Crippen molar-refractivity contribution >= 4 is 28.7 Å². The molecular formula is C41H42N8O4. The molecule has 2 fully saturated rings. The first-order chi connectivity index (χ1) is 25.8. The summed E-state index contributed by atoms with van der Waals surface area (Å²) in [6, 6.07) is 29.8. The summed E-state index contributed by atoms with van der Waals surface area (Å²) in [4.78, 5) is 44.7. The number of nitrogens with zero attached hydrogens (tertiary/aromatic N) is 6. The predicted octanol–water partition coefficient (Wildman–Crippen LogP) is 3.81. The van der Waals surface area contributed by atoms with E-state index < -0.39 is 6.17 Å². The third-order valence-corrected chi connectivity index (χ3v) is 9.91. The number of nitrogens with one attached hydrogen (secondary N) is 2. The molecule has 2 saturated heterocycles. The Kier molecular flexibility index (Phi) is 10.4. The van der Waals surface area contributed by atoms with Gasteiger partial charge in [-0.1, -0.05) is 78.7 Å². The summed E-state index contributed by atoms with van der Waals surface area (Å²) in [7, 11) is 1.78. The second-order valence-corrected chi connectivity index (χ2v) is 13.5. The van der Waals surface area contributed by atoms with Gasteiger partial charge in [-0.05, 0) is 52.9 Å². The van der Waals surface area contributed by atoms with Gasteiger partial charge in [0.25, 0.3) is 5.91 Å². The molecule has 0 unspecified atom stereocenters. The van der Waals surface area contributed by atoms with Crippen molar-refractivity contribution in [3.05, 3.63) is 131 Å². The Morgan fingerprint density at radius 3 is 2.43 bits per heavy atom. The first-order valence-electron chi connectivity index (χ1n) is 17.7. The van der Waals surface area contributed by atoms with Gasteiger partial charge in [-0.25, -0.2) is 14.8 Å². The SMILES string of the molecule is C#CCNC(=O)c1ccccc1Cn1ncc2c(CN3C[C@H](Cc4ccc(O)cc4)N4C(=O)CN(C)N(C(=O)NCc5ccccc5)[C@H]4C3)cccc21. The maximum absolute atomic E-state index is 13.9. The number of aromatic hydroxyl groups is 1. The first kappa shape index (κ1) is 35.3. The maximum atomic E-state index is 13.9. The van der Waals surface area contributed by atoms with Crippen LogP contribution in [0, 0.1) is 12.3 Å². The van der Waals surface area contributed by atoms with Crippen LogP contribution in [0.5, 0.6) is 5.75 Å². The molecule has 0 radical (unpaired) electrons. The molecule has 270 valence electrons. The molecule has 2 aliphatic rings. The second-order valence-electron chi connectivity index (χ2n) is 13.5. The molecule has 2 atom stereocenters. The second kappa shape index (κ2) is 15.6. The van der Waals surface area contributed by atoms with Gasteiger partial charge in [-0.2, -0.15) is 5.10 Å². The summed E-state index contributed by atoms with van der Waals surface area (Å²) in [6.45, 7) is 2.55. The first-order valence-corrected chi connectivity index (χ1v) is 17.7. The van der Waals surface area contributed by atoms with E-state index in [1.54, 1.807) is 35.3 Å². The third kappa shape index (κ3) is 7.72. The molecule has 7 rings (SSSR count). The Morgan fingerprint density at radius 1 is 0.887 bits per heavy atom. The number of terminal acetylenes is 1. The summed E-state index contributed by atoms with van der Waals surface area (Å²) in [6.07, 6.45) is 7.22. The van der Waals surface area contributed by atoms with Crippen molar-refractivity contribution in [3.63, 3.8) is 0 Å². The van der Waals surface area contributed by atoms with E-state index in [0.29, 0.717) is 44.7 Å². The lowest BCUT2D eigenvalue weighted by Crippen LogP contribution is -2.74. The summed E-state index contributed by atoms with van der Waals surface area (Å²) < 4.78 is 1.89. The molecule has 4 aromatic carbocycles. The minimum Gasteiger partial charge on any atom is -0.508 e. The highest BCUT2D eigenvalue weighted by Gasteiger charge is 2.47. The average Bonchev–Trinajstić information content (AvgIpc) is 3.57. The average molecular weight is 711 g/mol. The van der Waals surface area contributed by atoms with Crippen LogP contribution in [0.25, 0.3) is 10.9 Å². The number of phenols is 1. The number of phenolic OH excluding ortho intramolecular Hbond substituents is 1. The smallest absolute Gasteiger partial charge is 0.334 e. The summed E-state index contributed by atoms with van der Waals surface area (Å²) in [5, 5.41) is 24.9. The van der Waals surface area contributed by atoms with Gasteiger partial charge in [0, 0.05) is 44.2 Å². The Labute approximate surface area is 308 Å². The lowest BCUT2D eigenvalue weighted by molar-refractivity contribution is -0.180. The van der Waals surface area contributed by atoms with E-state index in [1.165, 1.54) is 0 Å². The topological polar surface area (TPSA) is 126 Å². The number of fused-ring (bicyclic) bond motifs is 2. The van der Waals surface area contributed by atoms with Crippen molar-refractivity contribution in [2.75, 3.05) is 33.2 Å². The Balaban J connectivity index is 1.16. The van der Waals surface area contributed by atoms with E-state index >= 15 is 0 Å². The Bertz CT molecular complexity index is 2140. The van der Waals surface area contributed by atoms with Crippen molar-refractivity contribution < 1.29 is 19.5 Å². The van der Waals surface area contributed by atoms with Crippen LogP contribution in [0.1, 0.15) is 32.6 Å². The monoisotopic (exact) mass is 710 g/mol. The fourth-order valence-corrected chi connectivity index (χ4v) is 7.45. The van der Waals surface area contributed by atoms with Gasteiger partial charge < -0.3 is 20.6 Å². The molecule has 3 N–H and O–H groups in total. The maximum Gasteiger partial charge on any atom is 0.334 e. The number of benzene rings is 4. The van der Waals surface area contributed by atoms with Gasteiger partial charge in [0.1, 0.15) is 11.9 Å². The molecule has 1 aromatic heterocycles. The number of hydrogen-bond donors (Lipinski definition) is 3. The van der Waals surface area contributed by atoms with Crippen LogP contribution in [-0.2, 0) is 30.8 Å². The fourth-order valence-electron chi connectivity index (χ4n) is 7.45. The number of hydrogen-bond acceptors (Lipinski definition) is 7.